The number of aliphatic hydroxyl groups excluding tert-OH is 3. The number of hydrogen-bond acceptors (Lipinski definition) is 8. The quantitative estimate of drug-likeness (QED) is 0.279. The highest BCUT2D eigenvalue weighted by Crippen LogP contribution is 2.32. The number of ether oxygens (including phenoxy) is 2. The van der Waals surface area contributed by atoms with Gasteiger partial charge < -0.3 is 34.8 Å². The zero-order chi connectivity index (χ0) is 30.5. The number of hydrogen-bond donors (Lipinski definition) is 4. The summed E-state index contributed by atoms with van der Waals surface area (Å²) in [6.07, 6.45) is -8.08. The molecule has 4 N–H and O–H groups in total. The lowest BCUT2D eigenvalue weighted by molar-refractivity contribution is -0.303. The number of carboxylic acid groups (broad SMARTS) is 1. The fraction of sp³-hybridized carbons (Fsp3) is 0.394. The van der Waals surface area contributed by atoms with Crippen molar-refractivity contribution in [3.63, 3.8) is 0 Å². The predicted molar refractivity (Wildman–Crippen MR) is 157 cm³/mol. The Kier molecular flexibility index (Phi) is 9.86. The molecule has 6 unspecified atom stereocenters. The third kappa shape index (κ3) is 6.96. The van der Waals surface area contributed by atoms with Crippen LogP contribution in [0.3, 0.4) is 0 Å². The molecule has 0 aromatic heterocycles. The number of carboxylic acids is 1. The van der Waals surface area contributed by atoms with Gasteiger partial charge >= 0.3 is 5.97 Å². The number of likely N-dealkylation sites (N-methyl/N-ethyl adjacent to an activating group) is 1. The largest absolute Gasteiger partial charge is 0.479 e. The molecular weight excluding hydrogens is 552 g/mol. The Labute approximate surface area is 250 Å². The van der Waals surface area contributed by atoms with Crippen molar-refractivity contribution in [3.05, 3.63) is 108 Å². The topological polar surface area (TPSA) is 140 Å². The van der Waals surface area contributed by atoms with E-state index in [1.165, 1.54) is 0 Å². The maximum Gasteiger partial charge on any atom is 0.335 e. The highest BCUT2D eigenvalue weighted by molar-refractivity contribution is 5.87. The Hall–Kier alpha value is -3.64. The summed E-state index contributed by atoms with van der Waals surface area (Å²) in [5, 5.41) is 39.9. The second kappa shape index (κ2) is 13.8. The Bertz CT molecular complexity index is 1310. The van der Waals surface area contributed by atoms with Crippen LogP contribution in [0.2, 0.25) is 0 Å². The molecule has 7 atom stereocenters. The number of benzene rings is 3. The number of carbonyl (C=O) groups excluding carboxylic acids is 1. The van der Waals surface area contributed by atoms with Crippen LogP contribution in [-0.2, 0) is 19.1 Å². The van der Waals surface area contributed by atoms with E-state index in [1.54, 1.807) is 4.90 Å². The first kappa shape index (κ1) is 30.8. The molecular formula is C33H38N2O8. The van der Waals surface area contributed by atoms with Gasteiger partial charge in [-0.05, 0) is 23.1 Å². The summed E-state index contributed by atoms with van der Waals surface area (Å²) in [6.45, 7) is 1.58. The molecule has 10 nitrogen and oxygen atoms in total. The van der Waals surface area contributed by atoms with E-state index < -0.39 is 48.7 Å². The van der Waals surface area contributed by atoms with E-state index >= 15 is 0 Å². The van der Waals surface area contributed by atoms with Crippen LogP contribution in [0.4, 0.5) is 0 Å². The van der Waals surface area contributed by atoms with Crippen LogP contribution in [0.25, 0.3) is 0 Å². The number of likely N-dealkylation sites (tertiary alicyclic amines) is 1. The molecule has 0 aliphatic carbocycles. The van der Waals surface area contributed by atoms with Gasteiger partial charge in [0, 0.05) is 26.7 Å². The van der Waals surface area contributed by atoms with Crippen LogP contribution in [0.5, 0.6) is 0 Å². The van der Waals surface area contributed by atoms with Crippen molar-refractivity contribution < 1.29 is 39.5 Å². The van der Waals surface area contributed by atoms with Gasteiger partial charge in [-0.3, -0.25) is 9.69 Å². The summed E-state index contributed by atoms with van der Waals surface area (Å²) in [7, 11) is 1.83. The second-order valence-corrected chi connectivity index (χ2v) is 11.2. The second-order valence-electron chi connectivity index (χ2n) is 11.2. The van der Waals surface area contributed by atoms with Crippen molar-refractivity contribution in [1.82, 2.24) is 9.80 Å². The third-order valence-corrected chi connectivity index (χ3v) is 8.31. The molecule has 2 aliphatic rings. The number of aliphatic carboxylic acids is 1. The summed E-state index contributed by atoms with van der Waals surface area (Å²) in [5.74, 6) is -1.98. The average Bonchev–Trinajstić information content (AvgIpc) is 3.48. The Balaban J connectivity index is 1.32. The van der Waals surface area contributed by atoms with Crippen molar-refractivity contribution in [2.75, 3.05) is 26.7 Å². The van der Waals surface area contributed by atoms with E-state index in [1.807, 2.05) is 98.0 Å². The summed E-state index contributed by atoms with van der Waals surface area (Å²) >= 11 is 0. The minimum absolute atomic E-state index is 0.0377. The van der Waals surface area contributed by atoms with E-state index in [2.05, 4.69) is 4.90 Å². The summed E-state index contributed by atoms with van der Waals surface area (Å²) < 4.78 is 11.2. The van der Waals surface area contributed by atoms with Crippen LogP contribution < -0.4 is 0 Å². The highest BCUT2D eigenvalue weighted by atomic mass is 16.7. The maximum atomic E-state index is 14.3. The molecule has 43 heavy (non-hydrogen) atoms. The number of carbonyl (C=O) groups is 2. The summed E-state index contributed by atoms with van der Waals surface area (Å²) in [5.41, 5.74) is 2.80. The average molecular weight is 591 g/mol. The van der Waals surface area contributed by atoms with Gasteiger partial charge in [-0.25, -0.2) is 4.79 Å². The van der Waals surface area contributed by atoms with Crippen LogP contribution in [0.1, 0.15) is 35.1 Å². The zero-order valence-corrected chi connectivity index (χ0v) is 23.9. The van der Waals surface area contributed by atoms with E-state index in [0.29, 0.717) is 26.1 Å². The van der Waals surface area contributed by atoms with Gasteiger partial charge in [0.2, 0.25) is 5.91 Å². The fourth-order valence-electron chi connectivity index (χ4n) is 5.93. The maximum absolute atomic E-state index is 14.3. The van der Waals surface area contributed by atoms with Crippen LogP contribution in [-0.4, -0.2) is 106 Å². The minimum Gasteiger partial charge on any atom is -0.479 e. The van der Waals surface area contributed by atoms with Gasteiger partial charge in [0.1, 0.15) is 18.3 Å². The van der Waals surface area contributed by atoms with E-state index in [9.17, 15) is 30.0 Å². The molecule has 2 saturated heterocycles. The first-order valence-electron chi connectivity index (χ1n) is 14.5. The van der Waals surface area contributed by atoms with Crippen molar-refractivity contribution in [1.29, 1.82) is 0 Å². The smallest absolute Gasteiger partial charge is 0.335 e. The molecule has 3 aromatic carbocycles. The normalized spacial score (nSPS) is 26.7. The molecule has 10 heteroatoms. The zero-order valence-electron chi connectivity index (χ0n) is 23.9. The Morgan fingerprint density at radius 2 is 1.40 bits per heavy atom. The standard InChI is InChI=1S/C33H38N2O8/c1-34(31(39)26(22-13-7-3-8-14-22)23-15-9-4-10-16-23)25(21-11-5-2-6-12-21)20-35-18-17-24(19-35)42-33-29(38)27(36)28(37)30(43-33)32(40)41/h2-16,24-30,33,36-38H,17-20H2,1H3,(H,40,41)/t24?,25-,27?,28?,29?,30?,33?/m1/s1. The number of nitrogens with zero attached hydrogens (tertiary/aromatic N) is 2. The van der Waals surface area contributed by atoms with Gasteiger partial charge in [-0.2, -0.15) is 0 Å². The minimum atomic E-state index is -1.78. The summed E-state index contributed by atoms with van der Waals surface area (Å²) in [4.78, 5) is 29.7. The SMILES string of the molecule is CN(C(=O)C(c1ccccc1)c1ccccc1)[C@H](CN1CCC(OC2OC(C(=O)O)C(O)C(O)C2O)C1)c1ccccc1. The van der Waals surface area contributed by atoms with Crippen molar-refractivity contribution in [3.8, 4) is 0 Å². The molecule has 228 valence electrons. The van der Waals surface area contributed by atoms with Gasteiger partial charge in [0.15, 0.2) is 12.4 Å². The first-order chi connectivity index (χ1) is 20.7. The van der Waals surface area contributed by atoms with Crippen LogP contribution in [0.15, 0.2) is 91.0 Å². The van der Waals surface area contributed by atoms with Crippen molar-refractivity contribution in [2.24, 2.45) is 0 Å². The lowest BCUT2D eigenvalue weighted by Gasteiger charge is -2.39. The first-order valence-corrected chi connectivity index (χ1v) is 14.5. The molecule has 0 radical (unpaired) electrons. The fourth-order valence-corrected chi connectivity index (χ4v) is 5.93. The monoisotopic (exact) mass is 590 g/mol. The van der Waals surface area contributed by atoms with Gasteiger partial charge in [0.25, 0.3) is 0 Å². The van der Waals surface area contributed by atoms with E-state index in [-0.39, 0.29) is 11.9 Å². The van der Waals surface area contributed by atoms with Gasteiger partial charge in [-0.15, -0.1) is 0 Å². The molecule has 1 amide bonds. The van der Waals surface area contributed by atoms with E-state index in [0.717, 1.165) is 16.7 Å². The lowest BCUT2D eigenvalue weighted by Crippen LogP contribution is -2.60. The predicted octanol–water partition coefficient (Wildman–Crippen LogP) is 2.00. The Morgan fingerprint density at radius 1 is 0.860 bits per heavy atom. The lowest BCUT2D eigenvalue weighted by atomic mass is 9.89. The van der Waals surface area contributed by atoms with Gasteiger partial charge in [-0.1, -0.05) is 91.0 Å². The molecule has 0 spiro atoms. The highest BCUT2D eigenvalue weighted by Gasteiger charge is 2.48. The molecule has 2 fully saturated rings. The third-order valence-electron chi connectivity index (χ3n) is 8.31. The molecule has 0 saturated carbocycles. The molecule has 0 bridgehead atoms. The molecule has 5 rings (SSSR count). The molecule has 2 aliphatic heterocycles. The number of rotatable bonds is 10. The van der Waals surface area contributed by atoms with Gasteiger partial charge in [0.05, 0.1) is 18.1 Å². The number of aliphatic hydroxyl groups is 3. The van der Waals surface area contributed by atoms with Crippen molar-refractivity contribution >= 4 is 11.9 Å². The Morgan fingerprint density at radius 3 is 1.93 bits per heavy atom. The molecule has 3 aromatic rings. The number of amides is 1. The van der Waals surface area contributed by atoms with E-state index in [4.69, 9.17) is 9.47 Å². The van der Waals surface area contributed by atoms with Crippen LogP contribution in [0, 0.1) is 0 Å². The molecule has 2 heterocycles. The van der Waals surface area contributed by atoms with Crippen LogP contribution >= 0.6 is 0 Å². The van der Waals surface area contributed by atoms with Crippen molar-refractivity contribution in [2.45, 2.75) is 55.2 Å². The summed E-state index contributed by atoms with van der Waals surface area (Å²) in [6, 6.07) is 29.0.